The van der Waals surface area contributed by atoms with E-state index in [4.69, 9.17) is 4.74 Å². The molecule has 0 atom stereocenters. The van der Waals surface area contributed by atoms with Gasteiger partial charge in [0.25, 0.3) is 11.8 Å². The Morgan fingerprint density at radius 1 is 0.970 bits per heavy atom. The van der Waals surface area contributed by atoms with Crippen molar-refractivity contribution >= 4 is 46.0 Å². The molecule has 0 aliphatic carbocycles. The van der Waals surface area contributed by atoms with Crippen LogP contribution in [-0.2, 0) is 20.8 Å². The van der Waals surface area contributed by atoms with Crippen LogP contribution in [-0.4, -0.2) is 36.3 Å². The first-order chi connectivity index (χ1) is 16.0. The quantitative estimate of drug-likeness (QED) is 0.492. The molecule has 1 aliphatic heterocycles. The number of rotatable bonds is 8. The van der Waals surface area contributed by atoms with Crippen molar-refractivity contribution in [1.29, 1.82) is 0 Å². The second-order valence-electron chi connectivity index (χ2n) is 7.47. The summed E-state index contributed by atoms with van der Waals surface area (Å²) in [7, 11) is 1.61. The second kappa shape index (κ2) is 9.70. The molecule has 3 aromatic rings. The molecule has 1 aliphatic rings. The van der Waals surface area contributed by atoms with Crippen LogP contribution in [0.15, 0.2) is 71.7 Å². The Bertz CT molecular complexity index is 1200. The van der Waals surface area contributed by atoms with Crippen LogP contribution >= 0.6 is 11.3 Å². The largest absolute Gasteiger partial charge is 0.497 e. The molecule has 2 heterocycles. The molecule has 168 valence electrons. The van der Waals surface area contributed by atoms with E-state index in [0.29, 0.717) is 23.4 Å². The van der Waals surface area contributed by atoms with E-state index in [2.05, 4.69) is 10.6 Å². The molecule has 0 saturated heterocycles. The van der Waals surface area contributed by atoms with E-state index in [-0.39, 0.29) is 30.0 Å². The normalized spacial score (nSPS) is 13.5. The van der Waals surface area contributed by atoms with E-state index in [1.165, 1.54) is 23.2 Å². The van der Waals surface area contributed by atoms with Gasteiger partial charge in [0.2, 0.25) is 5.91 Å². The molecule has 8 heteroatoms. The molecule has 0 unspecified atom stereocenters. The number of amides is 3. The van der Waals surface area contributed by atoms with Crippen molar-refractivity contribution in [3.8, 4) is 5.75 Å². The van der Waals surface area contributed by atoms with Crippen molar-refractivity contribution in [3.05, 3.63) is 82.2 Å². The van der Waals surface area contributed by atoms with E-state index < -0.39 is 0 Å². The fraction of sp³-hybridized carbons (Fsp3) is 0.160. The van der Waals surface area contributed by atoms with Gasteiger partial charge in [-0.05, 0) is 59.8 Å². The van der Waals surface area contributed by atoms with Crippen LogP contribution in [0, 0.1) is 0 Å². The third-order valence-electron chi connectivity index (χ3n) is 5.19. The Morgan fingerprint density at radius 3 is 2.27 bits per heavy atom. The van der Waals surface area contributed by atoms with E-state index in [9.17, 15) is 14.4 Å². The van der Waals surface area contributed by atoms with Crippen molar-refractivity contribution in [2.45, 2.75) is 13.3 Å². The van der Waals surface area contributed by atoms with Crippen LogP contribution in [0.1, 0.15) is 17.4 Å². The van der Waals surface area contributed by atoms with Gasteiger partial charge in [0.05, 0.1) is 12.7 Å². The molecule has 0 spiro atoms. The predicted octanol–water partition coefficient (Wildman–Crippen LogP) is 4.15. The third-order valence-corrected chi connectivity index (χ3v) is 6.08. The van der Waals surface area contributed by atoms with Gasteiger partial charge < -0.3 is 15.4 Å². The highest BCUT2D eigenvalue weighted by Crippen LogP contribution is 2.33. The van der Waals surface area contributed by atoms with Gasteiger partial charge in [0.15, 0.2) is 0 Å². The highest BCUT2D eigenvalue weighted by molar-refractivity contribution is 7.11. The number of ether oxygens (including phenoxy) is 1. The topological polar surface area (TPSA) is 87.7 Å². The lowest BCUT2D eigenvalue weighted by atomic mass is 10.1. The Labute approximate surface area is 195 Å². The molecule has 4 rings (SSSR count). The third kappa shape index (κ3) is 4.96. The first kappa shape index (κ1) is 22.3. The smallest absolute Gasteiger partial charge is 0.278 e. The number of imide groups is 1. The number of carbonyl (C=O) groups excluding carboxylic acids is 3. The zero-order chi connectivity index (χ0) is 23.4. The number of benzene rings is 2. The van der Waals surface area contributed by atoms with Crippen LogP contribution in [0.4, 0.5) is 11.4 Å². The maximum absolute atomic E-state index is 13.3. The zero-order valence-corrected chi connectivity index (χ0v) is 19.1. The summed E-state index contributed by atoms with van der Waals surface area (Å²) < 4.78 is 5.18. The lowest BCUT2D eigenvalue weighted by Crippen LogP contribution is -2.34. The van der Waals surface area contributed by atoms with Gasteiger partial charge in [-0.15, -0.1) is 11.3 Å². The summed E-state index contributed by atoms with van der Waals surface area (Å²) in [6, 6.07) is 18.2. The van der Waals surface area contributed by atoms with E-state index in [0.717, 1.165) is 16.2 Å². The maximum atomic E-state index is 13.3. The predicted molar refractivity (Wildman–Crippen MR) is 129 cm³/mol. The van der Waals surface area contributed by atoms with Crippen LogP contribution in [0.2, 0.25) is 0 Å². The minimum absolute atomic E-state index is 0.164. The lowest BCUT2D eigenvalue weighted by molar-refractivity contribution is -0.136. The molecule has 33 heavy (non-hydrogen) atoms. The molecule has 2 N–H and O–H groups in total. The van der Waals surface area contributed by atoms with Crippen molar-refractivity contribution in [2.24, 2.45) is 0 Å². The number of methoxy groups -OCH3 is 1. The molecule has 0 bridgehead atoms. The Kier molecular flexibility index (Phi) is 6.55. The monoisotopic (exact) mass is 461 g/mol. The summed E-state index contributed by atoms with van der Waals surface area (Å²) >= 11 is 1.41. The first-order valence-electron chi connectivity index (χ1n) is 10.4. The van der Waals surface area contributed by atoms with Crippen LogP contribution < -0.4 is 15.4 Å². The van der Waals surface area contributed by atoms with E-state index >= 15 is 0 Å². The average Bonchev–Trinajstić information content (AvgIpc) is 3.41. The van der Waals surface area contributed by atoms with Gasteiger partial charge in [-0.3, -0.25) is 19.3 Å². The van der Waals surface area contributed by atoms with Gasteiger partial charge in [0, 0.05) is 29.7 Å². The second-order valence-corrected chi connectivity index (χ2v) is 8.42. The molecule has 0 radical (unpaired) electrons. The summed E-state index contributed by atoms with van der Waals surface area (Å²) in [6.07, 6.45) is 0.540. The van der Waals surface area contributed by atoms with Gasteiger partial charge in [-0.2, -0.15) is 0 Å². The fourth-order valence-corrected chi connectivity index (χ4v) is 4.33. The minimum Gasteiger partial charge on any atom is -0.497 e. The molecule has 0 saturated carbocycles. The average molecular weight is 462 g/mol. The Balaban J connectivity index is 1.55. The van der Waals surface area contributed by atoms with Crippen molar-refractivity contribution in [1.82, 2.24) is 4.90 Å². The zero-order valence-electron chi connectivity index (χ0n) is 18.3. The molecule has 3 amide bonds. The number of hydrogen-bond acceptors (Lipinski definition) is 6. The van der Waals surface area contributed by atoms with Gasteiger partial charge in [0.1, 0.15) is 11.4 Å². The Hall–Kier alpha value is -3.91. The molecular weight excluding hydrogens is 438 g/mol. The number of carbonyl (C=O) groups is 3. The number of anilines is 2. The maximum Gasteiger partial charge on any atom is 0.278 e. The fourth-order valence-electron chi connectivity index (χ4n) is 3.56. The van der Waals surface area contributed by atoms with E-state index in [1.54, 1.807) is 31.4 Å². The number of thiophene rings is 1. The molecule has 0 fully saturated rings. The standard InChI is InChI=1S/C25H23N3O4S/c1-16(29)26-18-7-9-19(10-8-18)27-23-22(21-4-3-15-33-21)24(30)28(25(23)31)14-13-17-5-11-20(32-2)12-6-17/h3-12,15,27H,13-14H2,1-2H3,(H,26,29). The number of nitrogens with zero attached hydrogens (tertiary/aromatic N) is 1. The number of nitrogens with one attached hydrogen (secondary N) is 2. The molecule has 2 aromatic carbocycles. The highest BCUT2D eigenvalue weighted by Gasteiger charge is 2.39. The van der Waals surface area contributed by atoms with Crippen molar-refractivity contribution in [3.63, 3.8) is 0 Å². The lowest BCUT2D eigenvalue weighted by Gasteiger charge is -2.15. The van der Waals surface area contributed by atoms with Crippen LogP contribution in [0.3, 0.4) is 0 Å². The summed E-state index contributed by atoms with van der Waals surface area (Å²) in [5, 5.41) is 7.71. The molecular formula is C25H23N3O4S. The summed E-state index contributed by atoms with van der Waals surface area (Å²) in [5.74, 6) is -0.0802. The molecule has 7 nitrogen and oxygen atoms in total. The number of hydrogen-bond donors (Lipinski definition) is 2. The van der Waals surface area contributed by atoms with Crippen molar-refractivity contribution < 1.29 is 19.1 Å². The van der Waals surface area contributed by atoms with Gasteiger partial charge >= 0.3 is 0 Å². The van der Waals surface area contributed by atoms with Gasteiger partial charge in [-0.25, -0.2) is 0 Å². The van der Waals surface area contributed by atoms with Gasteiger partial charge in [-0.1, -0.05) is 18.2 Å². The summed E-state index contributed by atoms with van der Waals surface area (Å²) in [6.45, 7) is 1.71. The van der Waals surface area contributed by atoms with Crippen LogP contribution in [0.5, 0.6) is 5.75 Å². The van der Waals surface area contributed by atoms with Crippen LogP contribution in [0.25, 0.3) is 5.57 Å². The SMILES string of the molecule is COc1ccc(CCN2C(=O)C(Nc3ccc(NC(C)=O)cc3)=C(c3cccs3)C2=O)cc1. The highest BCUT2D eigenvalue weighted by atomic mass is 32.1. The summed E-state index contributed by atoms with van der Waals surface area (Å²) in [4.78, 5) is 39.8. The van der Waals surface area contributed by atoms with E-state index in [1.807, 2.05) is 41.8 Å². The summed E-state index contributed by atoms with van der Waals surface area (Å²) in [5.41, 5.74) is 2.92. The first-order valence-corrected chi connectivity index (χ1v) is 11.3. The minimum atomic E-state index is -0.358. The Morgan fingerprint density at radius 2 is 1.67 bits per heavy atom. The molecule has 1 aromatic heterocycles. The van der Waals surface area contributed by atoms with Crippen molar-refractivity contribution in [2.75, 3.05) is 24.3 Å².